The minimum Gasteiger partial charge on any atom is -0.497 e. The molecule has 2 aromatic rings. The fourth-order valence-electron chi connectivity index (χ4n) is 6.13. The largest absolute Gasteiger partial charge is 0.497 e. The second-order valence-corrected chi connectivity index (χ2v) is 14.5. The van der Waals surface area contributed by atoms with Gasteiger partial charge in [0.2, 0.25) is 0 Å². The van der Waals surface area contributed by atoms with Crippen molar-refractivity contribution < 1.29 is 47.2 Å². The van der Waals surface area contributed by atoms with Crippen LogP contribution in [0.3, 0.4) is 0 Å². The predicted octanol–water partition coefficient (Wildman–Crippen LogP) is 4.97. The van der Waals surface area contributed by atoms with E-state index in [1.54, 1.807) is 38.3 Å². The van der Waals surface area contributed by atoms with Crippen molar-refractivity contribution in [2.45, 2.75) is 57.3 Å². The third kappa shape index (κ3) is 9.84. The Morgan fingerprint density at radius 2 is 1.41 bits per heavy atom. The molecule has 0 spiro atoms. The van der Waals surface area contributed by atoms with Gasteiger partial charge in [-0.2, -0.15) is 4.31 Å². The Morgan fingerprint density at radius 1 is 0.886 bits per heavy atom. The first-order valence-electron chi connectivity index (χ1n) is 14.5. The fourth-order valence-corrected chi connectivity index (χ4v) is 8.15. The van der Waals surface area contributed by atoms with Crippen LogP contribution in [-0.2, 0) is 29.2 Å². The highest BCUT2D eigenvalue weighted by Crippen LogP contribution is 2.62. The summed E-state index contributed by atoms with van der Waals surface area (Å²) in [6, 6.07) is 13.8. The molecule has 6 atom stereocenters. The summed E-state index contributed by atoms with van der Waals surface area (Å²) in [6.07, 6.45) is 0.873. The van der Waals surface area contributed by atoms with E-state index in [1.807, 2.05) is 76.1 Å². The van der Waals surface area contributed by atoms with E-state index in [0.717, 1.165) is 0 Å². The molecule has 250 valence electrons. The highest BCUT2D eigenvalue weighted by molar-refractivity contribution is 7.60. The first-order valence-corrected chi connectivity index (χ1v) is 17.5. The Kier molecular flexibility index (Phi) is 13.6. The van der Waals surface area contributed by atoms with Gasteiger partial charge >= 0.3 is 15.6 Å². The average molecular weight is 661 g/mol. The molecule has 4 unspecified atom stereocenters. The summed E-state index contributed by atoms with van der Waals surface area (Å²) >= 11 is 0. The zero-order valence-electron chi connectivity index (χ0n) is 27.2. The van der Waals surface area contributed by atoms with Gasteiger partial charge in [-0.15, -0.1) is 0 Å². The van der Waals surface area contributed by atoms with Crippen LogP contribution in [0.1, 0.15) is 51.2 Å². The van der Waals surface area contributed by atoms with Gasteiger partial charge in [0.05, 0.1) is 19.8 Å². The molecule has 0 radical (unpaired) electrons. The molecule has 0 fully saturated rings. The maximum Gasteiger partial charge on any atom is 0.481 e. The molecule has 0 saturated carbocycles. The lowest BCUT2D eigenvalue weighted by molar-refractivity contribution is -0.0656. The van der Waals surface area contributed by atoms with Crippen molar-refractivity contribution in [3.8, 4) is 11.5 Å². The van der Waals surface area contributed by atoms with Gasteiger partial charge in [-0.1, -0.05) is 45.0 Å². The molecule has 0 saturated heterocycles. The number of rotatable bonds is 18. The van der Waals surface area contributed by atoms with Crippen molar-refractivity contribution >= 4 is 15.6 Å². The van der Waals surface area contributed by atoms with Gasteiger partial charge in [0.1, 0.15) is 17.1 Å². The number of nitrogens with zero attached hydrogens (tertiary/aromatic N) is 2. The maximum absolute atomic E-state index is 13.1. The number of benzene rings is 2. The summed E-state index contributed by atoms with van der Waals surface area (Å²) < 4.78 is 45.6. The van der Waals surface area contributed by atoms with Crippen LogP contribution in [0.15, 0.2) is 48.5 Å². The van der Waals surface area contributed by atoms with Gasteiger partial charge in [-0.05, 0) is 82.8 Å². The third-order valence-corrected chi connectivity index (χ3v) is 10.6. The van der Waals surface area contributed by atoms with E-state index in [0.29, 0.717) is 42.0 Å². The van der Waals surface area contributed by atoms with E-state index in [-0.39, 0.29) is 18.4 Å². The molecule has 0 heterocycles. The number of aliphatic hydroxyl groups is 1. The molecule has 0 aromatic heterocycles. The number of hydrogen-bond donors (Lipinski definition) is 4. The van der Waals surface area contributed by atoms with Crippen molar-refractivity contribution in [3.63, 3.8) is 0 Å². The molecule has 0 aliphatic carbocycles. The molecule has 2 aromatic carbocycles. The van der Waals surface area contributed by atoms with Crippen LogP contribution in [0.5, 0.6) is 11.5 Å². The van der Waals surface area contributed by atoms with Gasteiger partial charge in [0.25, 0.3) is 0 Å². The number of ether oxygens (including phenoxy) is 2. The number of methoxy groups -OCH3 is 2. The Bertz CT molecular complexity index is 1310. The summed E-state index contributed by atoms with van der Waals surface area (Å²) in [4.78, 5) is 33.3. The Hall–Kier alpha value is -1.82. The van der Waals surface area contributed by atoms with Crippen LogP contribution >= 0.6 is 15.6 Å². The minimum absolute atomic E-state index is 0.137. The summed E-state index contributed by atoms with van der Waals surface area (Å²) in [5, 5.41) is 12.4. The quantitative estimate of drug-likeness (QED) is 0.159. The molecule has 0 aliphatic rings. The Balaban J connectivity index is 2.65. The summed E-state index contributed by atoms with van der Waals surface area (Å²) in [5.74, 6) is 0.318. The van der Waals surface area contributed by atoms with Gasteiger partial charge in [0.15, 0.2) is 0 Å². The normalized spacial score (nSPS) is 18.6. The van der Waals surface area contributed by atoms with Crippen LogP contribution in [0.25, 0.3) is 0 Å². The van der Waals surface area contributed by atoms with E-state index < -0.39 is 32.8 Å². The minimum atomic E-state index is -5.38. The fraction of sp³-hybridized carbons (Fsp3) is 0.600. The molecule has 14 heteroatoms. The van der Waals surface area contributed by atoms with Crippen molar-refractivity contribution in [1.29, 1.82) is 0 Å². The van der Waals surface area contributed by atoms with Crippen LogP contribution in [0.2, 0.25) is 0 Å². The monoisotopic (exact) mass is 660 g/mol. The first kappa shape index (κ1) is 38.4. The standard InChI is InChI=1S/C30H50N2O10P2/c1-10-30(25-14-12-16-27(20-25)40-9,41-44(37,38)42-43(34,35)36)23(3)28(32(6)7)17-18-29(33,22(2)21-31(4)5)24-13-11-15-26(19-24)39-8/h11-16,19-20,22-23,28,33H,10,17-18,21H2,1-9H3,(H,37,38)(H2,34,35,36)/t22?,23-,28?,29?,30-/m1/s1. The third-order valence-electron chi connectivity index (χ3n) is 8.39. The van der Waals surface area contributed by atoms with Gasteiger partial charge in [0, 0.05) is 24.4 Å². The molecule has 0 bridgehead atoms. The Morgan fingerprint density at radius 3 is 1.86 bits per heavy atom. The zero-order chi connectivity index (χ0) is 33.5. The second kappa shape index (κ2) is 15.6. The smallest absolute Gasteiger partial charge is 0.481 e. The van der Waals surface area contributed by atoms with Gasteiger partial charge in [-0.3, -0.25) is 4.52 Å². The van der Waals surface area contributed by atoms with E-state index in [4.69, 9.17) is 14.0 Å². The number of hydrogen-bond acceptors (Lipinski definition) is 9. The van der Waals surface area contributed by atoms with Crippen molar-refractivity contribution in [3.05, 3.63) is 59.7 Å². The van der Waals surface area contributed by atoms with E-state index in [9.17, 15) is 28.9 Å². The molecule has 0 amide bonds. The maximum atomic E-state index is 13.1. The predicted molar refractivity (Wildman–Crippen MR) is 169 cm³/mol. The van der Waals surface area contributed by atoms with Crippen molar-refractivity contribution in [2.24, 2.45) is 11.8 Å². The number of phosphoric ester groups is 1. The van der Waals surface area contributed by atoms with Gasteiger partial charge in [-0.25, -0.2) is 9.13 Å². The summed E-state index contributed by atoms with van der Waals surface area (Å²) in [5.41, 5.74) is -1.66. The first-order chi connectivity index (χ1) is 20.3. The van der Waals surface area contributed by atoms with Gasteiger partial charge < -0.3 is 39.1 Å². The molecule has 2 rings (SSSR count). The second-order valence-electron chi connectivity index (χ2n) is 11.8. The zero-order valence-corrected chi connectivity index (χ0v) is 29.0. The highest BCUT2D eigenvalue weighted by Gasteiger charge is 2.50. The number of phosphoric acid groups is 2. The van der Waals surface area contributed by atoms with E-state index in [2.05, 4.69) is 4.31 Å². The Labute approximate surface area is 261 Å². The van der Waals surface area contributed by atoms with Crippen LogP contribution in [0, 0.1) is 11.8 Å². The molecular formula is C30H50N2O10P2. The van der Waals surface area contributed by atoms with Crippen molar-refractivity contribution in [2.75, 3.05) is 49.0 Å². The van der Waals surface area contributed by atoms with Crippen molar-refractivity contribution in [1.82, 2.24) is 9.80 Å². The lowest BCUT2D eigenvalue weighted by Crippen LogP contribution is -2.48. The highest BCUT2D eigenvalue weighted by atomic mass is 31.3. The average Bonchev–Trinajstić information content (AvgIpc) is 2.93. The molecular weight excluding hydrogens is 610 g/mol. The van der Waals surface area contributed by atoms with Crippen LogP contribution < -0.4 is 9.47 Å². The molecule has 44 heavy (non-hydrogen) atoms. The SMILES string of the molecule is CC[C@](OP(=O)(O)OP(=O)(O)O)(c1cccc(OC)c1)[C@H](C)C(CCC(O)(c1cccc(OC)c1)C(C)CN(C)C)N(C)C. The van der Waals surface area contributed by atoms with Crippen LogP contribution in [-0.4, -0.2) is 84.6 Å². The lowest BCUT2D eigenvalue weighted by Gasteiger charge is -2.46. The topological polar surface area (TPSA) is 158 Å². The summed E-state index contributed by atoms with van der Waals surface area (Å²) in [6.45, 7) is 6.20. The molecule has 0 aliphatic heterocycles. The van der Waals surface area contributed by atoms with Crippen LogP contribution in [0.4, 0.5) is 0 Å². The lowest BCUT2D eigenvalue weighted by atomic mass is 9.72. The molecule has 12 nitrogen and oxygen atoms in total. The summed E-state index contributed by atoms with van der Waals surface area (Å²) in [7, 11) is 0.00711. The molecule has 4 N–H and O–H groups in total. The van der Waals surface area contributed by atoms with E-state index >= 15 is 0 Å². The van der Waals surface area contributed by atoms with E-state index in [1.165, 1.54) is 7.11 Å².